The van der Waals surface area contributed by atoms with Crippen LogP contribution >= 0.6 is 0 Å². The number of carbonyl (C=O) groups is 1. The number of nitrogens with zero attached hydrogens (tertiary/aromatic N) is 3. The number of fused-ring (bicyclic) bond motifs is 1. The van der Waals surface area contributed by atoms with Crippen molar-refractivity contribution in [3.8, 4) is 11.5 Å². The molecular formula is C26H35N5O4. The van der Waals surface area contributed by atoms with E-state index in [9.17, 15) is 4.79 Å². The smallest absolute Gasteiger partial charge is 0.220 e. The molecule has 3 N–H and O–H groups in total. The van der Waals surface area contributed by atoms with Crippen LogP contribution in [0.4, 0.5) is 11.4 Å². The average molecular weight is 482 g/mol. The molecule has 2 heterocycles. The van der Waals surface area contributed by atoms with Gasteiger partial charge in [0.1, 0.15) is 18.9 Å². The van der Waals surface area contributed by atoms with Crippen LogP contribution in [-0.4, -0.2) is 63.0 Å². The second-order valence-electron chi connectivity index (χ2n) is 8.86. The summed E-state index contributed by atoms with van der Waals surface area (Å²) in [4.78, 5) is 24.7. The van der Waals surface area contributed by atoms with Gasteiger partial charge in [-0.1, -0.05) is 18.2 Å². The van der Waals surface area contributed by atoms with Crippen LogP contribution in [0.2, 0.25) is 0 Å². The Kier molecular flexibility index (Phi) is 8.94. The van der Waals surface area contributed by atoms with Gasteiger partial charge in [0.05, 0.1) is 12.3 Å². The maximum Gasteiger partial charge on any atom is 0.220 e. The Morgan fingerprint density at radius 1 is 1.17 bits per heavy atom. The van der Waals surface area contributed by atoms with Crippen molar-refractivity contribution in [2.45, 2.75) is 38.1 Å². The fraction of sp³-hybridized carbons (Fsp3) is 0.462. The van der Waals surface area contributed by atoms with Crippen molar-refractivity contribution in [1.29, 1.82) is 0 Å². The molecule has 1 fully saturated rings. The highest BCUT2D eigenvalue weighted by Crippen LogP contribution is 2.31. The van der Waals surface area contributed by atoms with Gasteiger partial charge in [0.2, 0.25) is 5.91 Å². The standard InChI is InChI=1S/C26H35N5O4/c1-28-22-7-2-3-8-23(22)31(27)35-14-6-9-26(32)29-21(19-30-12-4-5-13-30)17-20-10-11-24-25(18-20)34-16-15-33-24/h2-3,7-8,10-11,18,21H,1,4-6,9,12-17,19,27H2,(H,29,32). The van der Waals surface area contributed by atoms with Gasteiger partial charge in [-0.3, -0.25) is 14.6 Å². The number of hydrazine groups is 1. The molecule has 1 unspecified atom stereocenters. The molecule has 1 atom stereocenters. The van der Waals surface area contributed by atoms with E-state index in [1.165, 1.54) is 18.0 Å². The van der Waals surface area contributed by atoms with E-state index in [1.807, 2.05) is 24.3 Å². The minimum Gasteiger partial charge on any atom is -0.486 e. The van der Waals surface area contributed by atoms with Crippen molar-refractivity contribution < 1.29 is 19.1 Å². The van der Waals surface area contributed by atoms with Crippen LogP contribution < -0.4 is 25.8 Å². The first-order valence-corrected chi connectivity index (χ1v) is 12.3. The van der Waals surface area contributed by atoms with Crippen molar-refractivity contribution in [3.05, 3.63) is 48.0 Å². The fourth-order valence-electron chi connectivity index (χ4n) is 4.49. The van der Waals surface area contributed by atoms with E-state index in [4.69, 9.17) is 20.2 Å². The number of para-hydroxylation sites is 2. The van der Waals surface area contributed by atoms with Crippen LogP contribution in [0.1, 0.15) is 31.2 Å². The third-order valence-electron chi connectivity index (χ3n) is 6.20. The Balaban J connectivity index is 1.27. The highest BCUT2D eigenvalue weighted by atomic mass is 16.7. The summed E-state index contributed by atoms with van der Waals surface area (Å²) in [5.74, 6) is 7.55. The molecular weight excluding hydrogens is 446 g/mol. The SMILES string of the molecule is C=Nc1ccccc1N(N)OCCCC(=O)NC(Cc1ccc2c(c1)OCCO2)CN1CCCC1. The molecule has 2 aromatic carbocycles. The number of hydrogen-bond donors (Lipinski definition) is 2. The van der Waals surface area contributed by atoms with E-state index >= 15 is 0 Å². The molecule has 2 aliphatic rings. The fourth-order valence-corrected chi connectivity index (χ4v) is 4.49. The highest BCUT2D eigenvalue weighted by Gasteiger charge is 2.21. The van der Waals surface area contributed by atoms with E-state index in [0.717, 1.165) is 43.1 Å². The van der Waals surface area contributed by atoms with Crippen molar-refractivity contribution in [2.24, 2.45) is 10.8 Å². The lowest BCUT2D eigenvalue weighted by atomic mass is 10.0. The van der Waals surface area contributed by atoms with Crippen LogP contribution in [0.25, 0.3) is 0 Å². The van der Waals surface area contributed by atoms with Crippen LogP contribution in [0.5, 0.6) is 11.5 Å². The molecule has 0 radical (unpaired) electrons. The van der Waals surface area contributed by atoms with Gasteiger partial charge in [-0.2, -0.15) is 5.17 Å². The van der Waals surface area contributed by atoms with Crippen molar-refractivity contribution in [1.82, 2.24) is 10.2 Å². The Morgan fingerprint density at radius 3 is 2.74 bits per heavy atom. The summed E-state index contributed by atoms with van der Waals surface area (Å²) in [6.45, 7) is 7.98. The lowest BCUT2D eigenvalue weighted by molar-refractivity contribution is -0.122. The molecule has 35 heavy (non-hydrogen) atoms. The molecule has 1 saturated heterocycles. The third kappa shape index (κ3) is 7.17. The maximum atomic E-state index is 12.8. The Morgan fingerprint density at radius 2 is 1.94 bits per heavy atom. The second-order valence-corrected chi connectivity index (χ2v) is 8.86. The Labute approximate surface area is 206 Å². The first-order chi connectivity index (χ1) is 17.1. The van der Waals surface area contributed by atoms with Gasteiger partial charge in [-0.05, 0) is 75.3 Å². The summed E-state index contributed by atoms with van der Waals surface area (Å²) in [6.07, 6.45) is 4.05. The van der Waals surface area contributed by atoms with Gasteiger partial charge in [0.15, 0.2) is 11.5 Å². The zero-order valence-corrected chi connectivity index (χ0v) is 20.2. The normalized spacial score (nSPS) is 16.0. The number of aliphatic imine (C=N–C) groups is 1. The van der Waals surface area contributed by atoms with E-state index in [-0.39, 0.29) is 11.9 Å². The highest BCUT2D eigenvalue weighted by molar-refractivity contribution is 5.76. The number of anilines is 1. The zero-order chi connectivity index (χ0) is 24.5. The molecule has 0 saturated carbocycles. The molecule has 188 valence electrons. The molecule has 2 aromatic rings. The van der Waals surface area contributed by atoms with Crippen LogP contribution in [-0.2, 0) is 16.1 Å². The number of nitrogens with two attached hydrogens (primary N) is 1. The van der Waals surface area contributed by atoms with Gasteiger partial charge >= 0.3 is 0 Å². The summed E-state index contributed by atoms with van der Waals surface area (Å²) in [7, 11) is 0. The first-order valence-electron chi connectivity index (χ1n) is 12.3. The first kappa shape index (κ1) is 25.0. The molecule has 0 spiro atoms. The monoisotopic (exact) mass is 481 g/mol. The second kappa shape index (κ2) is 12.5. The molecule has 9 heteroatoms. The van der Waals surface area contributed by atoms with Gasteiger partial charge in [-0.25, -0.2) is 5.84 Å². The van der Waals surface area contributed by atoms with Crippen molar-refractivity contribution in [2.75, 3.05) is 44.6 Å². The third-order valence-corrected chi connectivity index (χ3v) is 6.20. The summed E-state index contributed by atoms with van der Waals surface area (Å²) < 4.78 is 11.4. The molecule has 0 aromatic heterocycles. The van der Waals surface area contributed by atoms with E-state index in [2.05, 4.69) is 28.0 Å². The van der Waals surface area contributed by atoms with Crippen molar-refractivity contribution in [3.63, 3.8) is 0 Å². The topological polar surface area (TPSA) is 102 Å². The number of carbonyl (C=O) groups excluding carboxylic acids is 1. The number of amides is 1. The predicted molar refractivity (Wildman–Crippen MR) is 136 cm³/mol. The van der Waals surface area contributed by atoms with E-state index in [1.54, 1.807) is 12.1 Å². The number of benzene rings is 2. The molecule has 0 bridgehead atoms. The minimum absolute atomic E-state index is 0.00655. The van der Waals surface area contributed by atoms with E-state index < -0.39 is 0 Å². The van der Waals surface area contributed by atoms with Crippen LogP contribution in [0.15, 0.2) is 47.5 Å². The Hall–Kier alpha value is -3.14. The Bertz CT molecular complexity index is 995. The quantitative estimate of drug-likeness (QED) is 0.208. The molecule has 0 aliphatic carbocycles. The summed E-state index contributed by atoms with van der Waals surface area (Å²) in [6, 6.07) is 13.4. The van der Waals surface area contributed by atoms with Gasteiger partial charge in [0, 0.05) is 19.0 Å². The number of hydrogen-bond acceptors (Lipinski definition) is 8. The minimum atomic E-state index is 0.00655. The molecule has 9 nitrogen and oxygen atoms in total. The zero-order valence-electron chi connectivity index (χ0n) is 20.2. The maximum absolute atomic E-state index is 12.8. The predicted octanol–water partition coefficient (Wildman–Crippen LogP) is 3.01. The van der Waals surface area contributed by atoms with Crippen molar-refractivity contribution >= 4 is 24.0 Å². The van der Waals surface area contributed by atoms with E-state index in [0.29, 0.717) is 44.0 Å². The molecule has 4 rings (SSSR count). The summed E-state index contributed by atoms with van der Waals surface area (Å²) in [5, 5.41) is 4.41. The summed E-state index contributed by atoms with van der Waals surface area (Å²) >= 11 is 0. The lowest BCUT2D eigenvalue weighted by Crippen LogP contribution is -2.44. The lowest BCUT2D eigenvalue weighted by Gasteiger charge is -2.25. The van der Waals surface area contributed by atoms with Gasteiger partial charge < -0.3 is 19.7 Å². The number of rotatable bonds is 12. The van der Waals surface area contributed by atoms with Gasteiger partial charge in [0.25, 0.3) is 0 Å². The number of likely N-dealkylation sites (tertiary alicyclic amines) is 1. The summed E-state index contributed by atoms with van der Waals surface area (Å²) in [5.41, 5.74) is 2.38. The largest absolute Gasteiger partial charge is 0.486 e. The molecule has 2 aliphatic heterocycles. The van der Waals surface area contributed by atoms with Gasteiger partial charge in [-0.15, -0.1) is 0 Å². The number of ether oxygens (including phenoxy) is 2. The number of nitrogens with one attached hydrogen (secondary N) is 1. The van der Waals surface area contributed by atoms with Crippen LogP contribution in [0, 0.1) is 0 Å². The average Bonchev–Trinajstić information content (AvgIpc) is 3.39. The van der Waals surface area contributed by atoms with Crippen LogP contribution in [0.3, 0.4) is 0 Å². The molecule has 1 amide bonds.